The van der Waals surface area contributed by atoms with E-state index < -0.39 is 0 Å². The number of aliphatic imine (C=N–C) groups is 1. The molecule has 0 radical (unpaired) electrons. The van der Waals surface area contributed by atoms with Gasteiger partial charge in [0.1, 0.15) is 11.5 Å². The molecule has 4 heteroatoms. The average molecular weight is 297 g/mol. The van der Waals surface area contributed by atoms with Gasteiger partial charge in [-0.15, -0.1) is 0 Å². The smallest absolute Gasteiger partial charge is 0.193 e. The van der Waals surface area contributed by atoms with E-state index in [9.17, 15) is 0 Å². The monoisotopic (exact) mass is 297 g/mol. The maximum Gasteiger partial charge on any atom is 0.193 e. The Labute approximate surface area is 131 Å². The van der Waals surface area contributed by atoms with Crippen LogP contribution >= 0.6 is 0 Å². The predicted molar refractivity (Wildman–Crippen MR) is 90.2 cm³/mol. The Kier molecular flexibility index (Phi) is 4.18. The fourth-order valence-electron chi connectivity index (χ4n) is 3.09. The van der Waals surface area contributed by atoms with Crippen LogP contribution in [0.15, 0.2) is 33.7 Å². The molecule has 0 saturated heterocycles. The van der Waals surface area contributed by atoms with Gasteiger partial charge in [0.25, 0.3) is 0 Å². The lowest BCUT2D eigenvalue weighted by Gasteiger charge is -2.19. The van der Waals surface area contributed by atoms with Crippen molar-refractivity contribution in [2.75, 3.05) is 5.32 Å². The number of furan rings is 1. The molecule has 0 aliphatic heterocycles. The molecular formula is C18H23N3O. The van der Waals surface area contributed by atoms with E-state index in [1.165, 1.54) is 24.0 Å². The first-order chi connectivity index (χ1) is 10.6. The molecule has 1 aliphatic carbocycles. The summed E-state index contributed by atoms with van der Waals surface area (Å²) in [5.74, 6) is 2.27. The molecule has 1 aromatic carbocycles. The summed E-state index contributed by atoms with van der Waals surface area (Å²) in [4.78, 5) is 4.44. The van der Waals surface area contributed by atoms with Crippen molar-refractivity contribution < 1.29 is 4.42 Å². The molecule has 0 saturated carbocycles. The van der Waals surface area contributed by atoms with Gasteiger partial charge in [-0.25, -0.2) is 4.99 Å². The second kappa shape index (κ2) is 6.26. The third-order valence-corrected chi connectivity index (χ3v) is 4.22. The van der Waals surface area contributed by atoms with Crippen LogP contribution in [-0.2, 0) is 19.4 Å². The Morgan fingerprint density at radius 3 is 2.86 bits per heavy atom. The average Bonchev–Trinajstić information content (AvgIpc) is 2.83. The molecular weight excluding hydrogens is 274 g/mol. The summed E-state index contributed by atoms with van der Waals surface area (Å²) in [6.07, 6.45) is 4.80. The van der Waals surface area contributed by atoms with Crippen LogP contribution in [0.5, 0.6) is 0 Å². The highest BCUT2D eigenvalue weighted by molar-refractivity contribution is 5.93. The van der Waals surface area contributed by atoms with E-state index in [0.29, 0.717) is 12.5 Å². The molecule has 1 aromatic heterocycles. The van der Waals surface area contributed by atoms with Crippen molar-refractivity contribution in [3.63, 3.8) is 0 Å². The largest absolute Gasteiger partial charge is 0.466 e. The van der Waals surface area contributed by atoms with E-state index in [2.05, 4.69) is 28.5 Å². The zero-order valence-electron chi connectivity index (χ0n) is 13.3. The Morgan fingerprint density at radius 1 is 1.27 bits per heavy atom. The third-order valence-electron chi connectivity index (χ3n) is 4.22. The van der Waals surface area contributed by atoms with Crippen LogP contribution in [0.2, 0.25) is 0 Å². The fourth-order valence-corrected chi connectivity index (χ4v) is 3.09. The summed E-state index contributed by atoms with van der Waals surface area (Å²) < 4.78 is 5.51. The van der Waals surface area contributed by atoms with Crippen molar-refractivity contribution in [1.29, 1.82) is 0 Å². The lowest BCUT2D eigenvalue weighted by molar-refractivity contribution is 0.501. The molecule has 0 atom stereocenters. The number of hydrogen-bond acceptors (Lipinski definition) is 2. The number of hydrogen-bond donors (Lipinski definition) is 2. The molecule has 0 spiro atoms. The number of benzene rings is 1. The van der Waals surface area contributed by atoms with E-state index in [0.717, 1.165) is 35.6 Å². The Hall–Kier alpha value is -2.23. The van der Waals surface area contributed by atoms with Crippen LogP contribution in [0.4, 0.5) is 5.69 Å². The van der Waals surface area contributed by atoms with E-state index in [4.69, 9.17) is 10.2 Å². The number of nitrogens with zero attached hydrogens (tertiary/aromatic N) is 1. The normalized spacial score (nSPS) is 14.7. The van der Waals surface area contributed by atoms with Gasteiger partial charge in [-0.1, -0.05) is 12.1 Å². The summed E-state index contributed by atoms with van der Waals surface area (Å²) in [6, 6.07) is 8.39. The van der Waals surface area contributed by atoms with Gasteiger partial charge in [-0.05, 0) is 62.8 Å². The summed E-state index contributed by atoms with van der Waals surface area (Å²) >= 11 is 0. The number of nitrogens with two attached hydrogens (primary N) is 1. The zero-order chi connectivity index (χ0) is 15.5. The van der Waals surface area contributed by atoms with Crippen molar-refractivity contribution in [1.82, 2.24) is 0 Å². The van der Waals surface area contributed by atoms with E-state index >= 15 is 0 Å². The Morgan fingerprint density at radius 2 is 2.09 bits per heavy atom. The number of anilines is 1. The number of nitrogens with one attached hydrogen (secondary N) is 1. The molecule has 1 heterocycles. The first kappa shape index (κ1) is 14.7. The maximum absolute atomic E-state index is 6.05. The maximum atomic E-state index is 6.05. The minimum absolute atomic E-state index is 0.456. The first-order valence-corrected chi connectivity index (χ1v) is 7.87. The van der Waals surface area contributed by atoms with Crippen LogP contribution in [-0.4, -0.2) is 5.96 Å². The Bertz CT molecular complexity index is 700. The highest BCUT2D eigenvalue weighted by atomic mass is 16.3. The van der Waals surface area contributed by atoms with Crippen molar-refractivity contribution in [2.24, 2.45) is 10.7 Å². The van der Waals surface area contributed by atoms with Crippen molar-refractivity contribution in [3.8, 4) is 0 Å². The minimum Gasteiger partial charge on any atom is -0.466 e. The summed E-state index contributed by atoms with van der Waals surface area (Å²) in [7, 11) is 0. The quantitative estimate of drug-likeness (QED) is 0.670. The van der Waals surface area contributed by atoms with Crippen molar-refractivity contribution in [3.05, 3.63) is 52.5 Å². The van der Waals surface area contributed by atoms with Crippen LogP contribution in [0, 0.1) is 13.8 Å². The van der Waals surface area contributed by atoms with Gasteiger partial charge in [-0.2, -0.15) is 0 Å². The molecule has 1 aliphatic rings. The van der Waals surface area contributed by atoms with Crippen LogP contribution < -0.4 is 11.1 Å². The van der Waals surface area contributed by atoms with Gasteiger partial charge >= 0.3 is 0 Å². The first-order valence-electron chi connectivity index (χ1n) is 7.87. The fraction of sp³-hybridized carbons (Fsp3) is 0.389. The summed E-state index contributed by atoms with van der Waals surface area (Å²) in [5, 5.41) is 3.26. The van der Waals surface area contributed by atoms with Crippen LogP contribution in [0.3, 0.4) is 0 Å². The lowest BCUT2D eigenvalue weighted by Crippen LogP contribution is -2.24. The highest BCUT2D eigenvalue weighted by Crippen LogP contribution is 2.27. The van der Waals surface area contributed by atoms with E-state index in [-0.39, 0.29) is 0 Å². The van der Waals surface area contributed by atoms with E-state index in [1.807, 2.05) is 19.9 Å². The SMILES string of the molecule is Cc1cc(CN=C(N)Nc2cccc3c2CCCC3)c(C)o1. The summed E-state index contributed by atoms with van der Waals surface area (Å²) in [6.45, 7) is 4.43. The molecule has 0 unspecified atom stereocenters. The van der Waals surface area contributed by atoms with Crippen LogP contribution in [0.25, 0.3) is 0 Å². The van der Waals surface area contributed by atoms with Gasteiger partial charge in [0.05, 0.1) is 6.54 Å². The molecule has 0 bridgehead atoms. The second-order valence-corrected chi connectivity index (χ2v) is 5.92. The second-order valence-electron chi connectivity index (χ2n) is 5.92. The topological polar surface area (TPSA) is 63.5 Å². The number of rotatable bonds is 3. The van der Waals surface area contributed by atoms with Crippen molar-refractivity contribution in [2.45, 2.75) is 46.1 Å². The van der Waals surface area contributed by atoms with Crippen LogP contribution in [0.1, 0.15) is 41.1 Å². The van der Waals surface area contributed by atoms with E-state index in [1.54, 1.807) is 0 Å². The summed E-state index contributed by atoms with van der Waals surface area (Å²) in [5.41, 5.74) is 11.1. The number of guanidine groups is 1. The molecule has 2 aromatic rings. The predicted octanol–water partition coefficient (Wildman–Crippen LogP) is 3.70. The minimum atomic E-state index is 0.456. The molecule has 0 amide bonds. The number of aryl methyl sites for hydroxylation is 3. The highest BCUT2D eigenvalue weighted by Gasteiger charge is 2.13. The van der Waals surface area contributed by atoms with Gasteiger partial charge in [-0.3, -0.25) is 0 Å². The molecule has 22 heavy (non-hydrogen) atoms. The van der Waals surface area contributed by atoms with Gasteiger partial charge in [0.2, 0.25) is 0 Å². The standard InChI is InChI=1S/C18H23N3O/c1-12-10-15(13(2)22-12)11-20-18(19)21-17-9-5-7-14-6-3-4-8-16(14)17/h5,7,9-10H,3-4,6,8,11H2,1-2H3,(H3,19,20,21). The molecule has 4 nitrogen and oxygen atoms in total. The molecule has 116 valence electrons. The zero-order valence-corrected chi connectivity index (χ0v) is 13.3. The molecule has 0 fully saturated rings. The lowest BCUT2D eigenvalue weighted by atomic mass is 9.90. The van der Waals surface area contributed by atoms with Gasteiger partial charge < -0.3 is 15.5 Å². The van der Waals surface area contributed by atoms with Crippen molar-refractivity contribution >= 4 is 11.6 Å². The number of fused-ring (bicyclic) bond motifs is 1. The van der Waals surface area contributed by atoms with Gasteiger partial charge in [0.15, 0.2) is 5.96 Å². The Balaban J connectivity index is 1.73. The third kappa shape index (κ3) is 3.16. The molecule has 3 rings (SSSR count). The van der Waals surface area contributed by atoms with Gasteiger partial charge in [0, 0.05) is 11.3 Å². The molecule has 3 N–H and O–H groups in total.